The van der Waals surface area contributed by atoms with Crippen molar-refractivity contribution in [1.82, 2.24) is 5.32 Å². The monoisotopic (exact) mass is 142 g/mol. The Morgan fingerprint density at radius 1 is 1.60 bits per heavy atom. The molecule has 0 aliphatic carbocycles. The highest BCUT2D eigenvalue weighted by atomic mass is 16.5. The molecule has 10 heavy (non-hydrogen) atoms. The molecule has 3 heteroatoms. The molecule has 0 saturated heterocycles. The van der Waals surface area contributed by atoms with Gasteiger partial charge in [-0.2, -0.15) is 0 Å². The quantitative estimate of drug-likeness (QED) is 0.456. The lowest BCUT2D eigenvalue weighted by atomic mass is 10.4. The standard InChI is InChI=1S/C7H14N2O/c1-6(2)10-7(4-8)5-9-3/h4-6,8-9H,1-3H3/b7-5+,8-4?. The molecule has 0 radical (unpaired) electrons. The molecule has 0 aliphatic heterocycles. The number of ether oxygens (including phenoxy) is 1. The van der Waals surface area contributed by atoms with Gasteiger partial charge in [-0.3, -0.25) is 0 Å². The second-order valence-corrected chi connectivity index (χ2v) is 2.15. The van der Waals surface area contributed by atoms with Gasteiger partial charge in [-0.25, -0.2) is 0 Å². The Hall–Kier alpha value is -0.990. The molecule has 0 unspecified atom stereocenters. The molecule has 0 amide bonds. The van der Waals surface area contributed by atoms with Crippen molar-refractivity contribution in [3.63, 3.8) is 0 Å². The summed E-state index contributed by atoms with van der Waals surface area (Å²) < 4.78 is 5.20. The Morgan fingerprint density at radius 2 is 2.20 bits per heavy atom. The second-order valence-electron chi connectivity index (χ2n) is 2.15. The summed E-state index contributed by atoms with van der Waals surface area (Å²) >= 11 is 0. The van der Waals surface area contributed by atoms with Crippen LogP contribution in [0, 0.1) is 5.41 Å². The van der Waals surface area contributed by atoms with Crippen molar-refractivity contribution in [2.45, 2.75) is 20.0 Å². The Labute approximate surface area is 61.6 Å². The van der Waals surface area contributed by atoms with E-state index in [-0.39, 0.29) is 6.10 Å². The predicted octanol–water partition coefficient (Wildman–Crippen LogP) is 1.12. The smallest absolute Gasteiger partial charge is 0.152 e. The summed E-state index contributed by atoms with van der Waals surface area (Å²) in [5.41, 5.74) is 0. The lowest BCUT2D eigenvalue weighted by molar-refractivity contribution is 0.163. The van der Waals surface area contributed by atoms with E-state index in [0.717, 1.165) is 0 Å². The van der Waals surface area contributed by atoms with E-state index in [1.165, 1.54) is 6.21 Å². The molecule has 3 nitrogen and oxygen atoms in total. The van der Waals surface area contributed by atoms with Gasteiger partial charge in [-0.1, -0.05) is 0 Å². The minimum atomic E-state index is 0.126. The van der Waals surface area contributed by atoms with Crippen LogP contribution in [0.5, 0.6) is 0 Å². The number of hydrogen-bond donors (Lipinski definition) is 2. The maximum atomic E-state index is 6.90. The van der Waals surface area contributed by atoms with E-state index in [4.69, 9.17) is 10.1 Å². The van der Waals surface area contributed by atoms with E-state index in [1.807, 2.05) is 13.8 Å². The van der Waals surface area contributed by atoms with Crippen LogP contribution in [0.3, 0.4) is 0 Å². The maximum Gasteiger partial charge on any atom is 0.152 e. The predicted molar refractivity (Wildman–Crippen MR) is 42.1 cm³/mol. The first-order valence-corrected chi connectivity index (χ1v) is 3.25. The van der Waals surface area contributed by atoms with Crippen LogP contribution in [-0.2, 0) is 4.74 Å². The average molecular weight is 142 g/mol. The number of allylic oxidation sites excluding steroid dienone is 1. The summed E-state index contributed by atoms with van der Waals surface area (Å²) in [6.45, 7) is 3.85. The molecular formula is C7H14N2O. The van der Waals surface area contributed by atoms with Crippen molar-refractivity contribution in [3.8, 4) is 0 Å². The normalized spacial score (nSPS) is 11.4. The fourth-order valence-electron chi connectivity index (χ4n) is 0.524. The van der Waals surface area contributed by atoms with Gasteiger partial charge in [0.25, 0.3) is 0 Å². The summed E-state index contributed by atoms with van der Waals surface area (Å²) in [4.78, 5) is 0. The van der Waals surface area contributed by atoms with Crippen LogP contribution in [0.1, 0.15) is 13.8 Å². The van der Waals surface area contributed by atoms with Crippen LogP contribution in [0.4, 0.5) is 0 Å². The van der Waals surface area contributed by atoms with E-state index < -0.39 is 0 Å². The molecule has 0 aliphatic rings. The SMILES string of the molecule is CN/C=C(\C=N)OC(C)C. The average Bonchev–Trinajstić information content (AvgIpc) is 1.86. The Morgan fingerprint density at radius 3 is 2.50 bits per heavy atom. The molecule has 0 aromatic heterocycles. The van der Waals surface area contributed by atoms with Crippen molar-refractivity contribution in [1.29, 1.82) is 5.41 Å². The summed E-state index contributed by atoms with van der Waals surface area (Å²) in [6, 6.07) is 0. The zero-order valence-corrected chi connectivity index (χ0v) is 6.64. The third kappa shape index (κ3) is 3.95. The summed E-state index contributed by atoms with van der Waals surface area (Å²) in [6.07, 6.45) is 2.95. The first kappa shape index (κ1) is 9.01. The molecule has 0 rings (SSSR count). The largest absolute Gasteiger partial charge is 0.488 e. The third-order valence-corrected chi connectivity index (χ3v) is 0.801. The van der Waals surface area contributed by atoms with Crippen molar-refractivity contribution in [3.05, 3.63) is 12.0 Å². The Kier molecular flexibility index (Phi) is 4.37. The summed E-state index contributed by atoms with van der Waals surface area (Å²) in [5.74, 6) is 0.553. The van der Waals surface area contributed by atoms with E-state index in [0.29, 0.717) is 5.76 Å². The molecule has 0 bridgehead atoms. The van der Waals surface area contributed by atoms with Gasteiger partial charge in [0, 0.05) is 13.2 Å². The van der Waals surface area contributed by atoms with Gasteiger partial charge in [0.2, 0.25) is 0 Å². The van der Waals surface area contributed by atoms with Gasteiger partial charge in [-0.15, -0.1) is 0 Å². The molecule has 0 saturated carbocycles. The minimum absolute atomic E-state index is 0.126. The van der Waals surface area contributed by atoms with Gasteiger partial charge in [-0.05, 0) is 13.8 Å². The third-order valence-electron chi connectivity index (χ3n) is 0.801. The van der Waals surface area contributed by atoms with Crippen LogP contribution in [0.15, 0.2) is 12.0 Å². The summed E-state index contributed by atoms with van der Waals surface area (Å²) in [7, 11) is 1.77. The van der Waals surface area contributed by atoms with Crippen molar-refractivity contribution < 1.29 is 4.74 Å². The first-order valence-electron chi connectivity index (χ1n) is 3.25. The van der Waals surface area contributed by atoms with Crippen molar-refractivity contribution in [2.75, 3.05) is 7.05 Å². The molecule has 0 spiro atoms. The molecule has 2 N–H and O–H groups in total. The van der Waals surface area contributed by atoms with Crippen LogP contribution >= 0.6 is 0 Å². The van der Waals surface area contributed by atoms with E-state index in [1.54, 1.807) is 13.2 Å². The number of rotatable bonds is 4. The zero-order chi connectivity index (χ0) is 7.98. The van der Waals surface area contributed by atoms with Crippen molar-refractivity contribution >= 4 is 6.21 Å². The fourth-order valence-corrected chi connectivity index (χ4v) is 0.524. The molecule has 0 aromatic rings. The first-order chi connectivity index (χ1) is 4.70. The molecule has 58 valence electrons. The molecule has 0 aromatic carbocycles. The Balaban J connectivity index is 3.83. The minimum Gasteiger partial charge on any atom is -0.488 e. The van der Waals surface area contributed by atoms with Crippen LogP contribution in [0.2, 0.25) is 0 Å². The van der Waals surface area contributed by atoms with Gasteiger partial charge >= 0.3 is 0 Å². The lowest BCUT2D eigenvalue weighted by Gasteiger charge is -2.08. The number of nitrogens with one attached hydrogen (secondary N) is 2. The van der Waals surface area contributed by atoms with Gasteiger partial charge in [0.05, 0.1) is 12.3 Å². The fraction of sp³-hybridized carbons (Fsp3) is 0.571. The highest BCUT2D eigenvalue weighted by Gasteiger charge is 1.95. The van der Waals surface area contributed by atoms with Crippen LogP contribution < -0.4 is 5.32 Å². The summed E-state index contributed by atoms with van der Waals surface area (Å²) in [5, 5.41) is 9.68. The molecular weight excluding hydrogens is 128 g/mol. The van der Waals surface area contributed by atoms with Crippen molar-refractivity contribution in [2.24, 2.45) is 0 Å². The van der Waals surface area contributed by atoms with Crippen LogP contribution in [0.25, 0.3) is 0 Å². The van der Waals surface area contributed by atoms with Gasteiger partial charge < -0.3 is 15.5 Å². The van der Waals surface area contributed by atoms with E-state index in [2.05, 4.69) is 5.32 Å². The van der Waals surface area contributed by atoms with Gasteiger partial charge in [0.15, 0.2) is 5.76 Å². The van der Waals surface area contributed by atoms with Crippen LogP contribution in [-0.4, -0.2) is 19.4 Å². The van der Waals surface area contributed by atoms with E-state index >= 15 is 0 Å². The molecule has 0 atom stereocenters. The topological polar surface area (TPSA) is 45.1 Å². The zero-order valence-electron chi connectivity index (χ0n) is 6.64. The Bertz CT molecular complexity index is 130. The highest BCUT2D eigenvalue weighted by Crippen LogP contribution is 1.96. The highest BCUT2D eigenvalue weighted by molar-refractivity contribution is 5.72. The maximum absolute atomic E-state index is 6.90. The molecule has 0 fully saturated rings. The lowest BCUT2D eigenvalue weighted by Crippen LogP contribution is -2.06. The second kappa shape index (κ2) is 4.85. The molecule has 0 heterocycles. The van der Waals surface area contributed by atoms with Gasteiger partial charge in [0.1, 0.15) is 0 Å². The number of hydrogen-bond acceptors (Lipinski definition) is 3. The van der Waals surface area contributed by atoms with E-state index in [9.17, 15) is 0 Å².